The van der Waals surface area contributed by atoms with Gasteiger partial charge in [-0.3, -0.25) is 10.1 Å². The van der Waals surface area contributed by atoms with Crippen LogP contribution in [-0.4, -0.2) is 26.0 Å². The largest absolute Gasteiger partial charge is 0.331 e. The molecule has 0 aliphatic carbocycles. The zero-order chi connectivity index (χ0) is 23.9. The fourth-order valence-corrected chi connectivity index (χ4v) is 3.78. The van der Waals surface area contributed by atoms with Crippen LogP contribution in [0.2, 0.25) is 5.02 Å². The highest BCUT2D eigenvalue weighted by atomic mass is 35.5. The minimum Gasteiger partial charge on any atom is -0.331 e. The van der Waals surface area contributed by atoms with Crippen molar-refractivity contribution in [2.24, 2.45) is 0 Å². The van der Waals surface area contributed by atoms with Gasteiger partial charge in [-0.15, -0.1) is 10.2 Å². The Balaban J connectivity index is 1.44. The summed E-state index contributed by atoms with van der Waals surface area (Å²) in [5.74, 6) is -0.341. The number of carbonyl (C=O) groups is 1. The van der Waals surface area contributed by atoms with Gasteiger partial charge in [0.1, 0.15) is 11.0 Å². The first-order chi connectivity index (χ1) is 16.5. The monoisotopic (exact) mass is 489 g/mol. The third kappa shape index (κ3) is 6.07. The van der Waals surface area contributed by atoms with Crippen LogP contribution >= 0.6 is 23.8 Å². The molecule has 0 atom stereocenters. The quantitative estimate of drug-likeness (QED) is 0.248. The Morgan fingerprint density at radius 2 is 1.76 bits per heavy atom. The highest BCUT2D eigenvalue weighted by molar-refractivity contribution is 7.80. The summed E-state index contributed by atoms with van der Waals surface area (Å²) in [6.45, 7) is 2.19. The first kappa shape index (κ1) is 23.6. The summed E-state index contributed by atoms with van der Waals surface area (Å²) in [4.78, 5) is 13.8. The molecule has 8 heteroatoms. The summed E-state index contributed by atoms with van der Waals surface area (Å²) >= 11 is 11.7. The number of fused-ring (bicyclic) bond motifs is 1. The van der Waals surface area contributed by atoms with Crippen molar-refractivity contribution in [3.63, 3.8) is 0 Å². The molecule has 4 rings (SSSR count). The molecule has 0 aliphatic rings. The number of hydrogen-bond donors (Lipinski definition) is 2. The highest BCUT2D eigenvalue weighted by Crippen LogP contribution is 2.27. The van der Waals surface area contributed by atoms with Crippen LogP contribution in [0.3, 0.4) is 0 Å². The lowest BCUT2D eigenvalue weighted by Crippen LogP contribution is -2.32. The van der Waals surface area contributed by atoms with Gasteiger partial charge >= 0.3 is 0 Å². The van der Waals surface area contributed by atoms with E-state index in [0.29, 0.717) is 21.7 Å². The molecular formula is C26H24ClN5OS. The predicted octanol–water partition coefficient (Wildman–Crippen LogP) is 5.94. The number of amides is 1. The van der Waals surface area contributed by atoms with Crippen molar-refractivity contribution in [3.8, 4) is 5.69 Å². The topological polar surface area (TPSA) is 71.8 Å². The van der Waals surface area contributed by atoms with Crippen LogP contribution in [0.1, 0.15) is 30.9 Å². The van der Waals surface area contributed by atoms with E-state index in [1.165, 1.54) is 24.5 Å². The lowest BCUT2D eigenvalue weighted by atomic mass is 10.1. The number of thiocarbonyl (C=S) groups is 1. The van der Waals surface area contributed by atoms with Crippen molar-refractivity contribution in [3.05, 3.63) is 89.0 Å². The Morgan fingerprint density at radius 3 is 2.47 bits per heavy atom. The molecule has 4 aromatic rings. The van der Waals surface area contributed by atoms with Gasteiger partial charge in [-0.1, -0.05) is 67.4 Å². The lowest BCUT2D eigenvalue weighted by Gasteiger charge is -2.09. The van der Waals surface area contributed by atoms with E-state index in [1.807, 2.05) is 42.5 Å². The van der Waals surface area contributed by atoms with Crippen LogP contribution in [0.15, 0.2) is 72.8 Å². The molecule has 0 aliphatic heterocycles. The zero-order valence-corrected chi connectivity index (χ0v) is 20.2. The lowest BCUT2D eigenvalue weighted by molar-refractivity contribution is -0.115. The standard InChI is InChI=1S/C26H24ClN5OS/c1-2-3-7-19-10-13-20(14-11-19)32-30-23-16-21(27)22(17-24(23)31-32)28-26(34)29-25(33)15-12-18-8-5-4-6-9-18/h4-6,8-17H,2-3,7H2,1H3,(H2,28,29,33,34)/b15-12+. The van der Waals surface area contributed by atoms with Gasteiger partial charge in [-0.05, 0) is 66.5 Å². The maximum atomic E-state index is 12.2. The van der Waals surface area contributed by atoms with E-state index < -0.39 is 0 Å². The van der Waals surface area contributed by atoms with E-state index in [2.05, 4.69) is 39.9 Å². The number of anilines is 1. The van der Waals surface area contributed by atoms with Crippen molar-refractivity contribution in [2.45, 2.75) is 26.2 Å². The number of nitrogens with zero attached hydrogens (tertiary/aromatic N) is 3. The molecule has 1 heterocycles. The highest BCUT2D eigenvalue weighted by Gasteiger charge is 2.11. The first-order valence-electron chi connectivity index (χ1n) is 11.0. The Kier molecular flexibility index (Phi) is 7.67. The van der Waals surface area contributed by atoms with E-state index in [4.69, 9.17) is 23.8 Å². The Bertz CT molecular complexity index is 1330. The summed E-state index contributed by atoms with van der Waals surface area (Å²) in [5, 5.41) is 15.3. The second-order valence-electron chi connectivity index (χ2n) is 7.77. The maximum Gasteiger partial charge on any atom is 0.250 e. The molecular weight excluding hydrogens is 466 g/mol. The number of rotatable bonds is 7. The first-order valence-corrected chi connectivity index (χ1v) is 11.8. The van der Waals surface area contributed by atoms with Crippen molar-refractivity contribution in [2.75, 3.05) is 5.32 Å². The van der Waals surface area contributed by atoms with Gasteiger partial charge in [0, 0.05) is 6.08 Å². The molecule has 0 bridgehead atoms. The second-order valence-corrected chi connectivity index (χ2v) is 8.58. The van der Waals surface area contributed by atoms with Crippen molar-refractivity contribution < 1.29 is 4.79 Å². The Labute approximate surface area is 208 Å². The molecule has 0 fully saturated rings. The molecule has 172 valence electrons. The molecule has 3 aromatic carbocycles. The number of aryl methyl sites for hydroxylation is 1. The van der Waals surface area contributed by atoms with Crippen molar-refractivity contribution in [1.82, 2.24) is 20.3 Å². The van der Waals surface area contributed by atoms with Gasteiger partial charge in [0.25, 0.3) is 0 Å². The number of halogens is 1. The average molecular weight is 490 g/mol. The number of benzene rings is 3. The number of nitrogens with one attached hydrogen (secondary N) is 2. The number of unbranched alkanes of at least 4 members (excludes halogenated alkanes) is 1. The van der Waals surface area contributed by atoms with Gasteiger partial charge in [0.2, 0.25) is 5.91 Å². The summed E-state index contributed by atoms with van der Waals surface area (Å²) < 4.78 is 0. The fourth-order valence-electron chi connectivity index (χ4n) is 3.37. The number of hydrogen-bond acceptors (Lipinski definition) is 4. The molecule has 34 heavy (non-hydrogen) atoms. The van der Waals surface area contributed by atoms with Crippen LogP contribution in [0.25, 0.3) is 22.8 Å². The minimum atomic E-state index is -0.341. The smallest absolute Gasteiger partial charge is 0.250 e. The van der Waals surface area contributed by atoms with E-state index in [0.717, 1.165) is 17.7 Å². The molecule has 6 nitrogen and oxygen atoms in total. The van der Waals surface area contributed by atoms with Crippen LogP contribution in [0.5, 0.6) is 0 Å². The molecule has 1 amide bonds. The van der Waals surface area contributed by atoms with Crippen LogP contribution in [0.4, 0.5) is 5.69 Å². The molecule has 0 radical (unpaired) electrons. The second kappa shape index (κ2) is 11.0. The number of carbonyl (C=O) groups excluding carboxylic acids is 1. The van der Waals surface area contributed by atoms with Gasteiger partial charge in [0.15, 0.2) is 5.11 Å². The average Bonchev–Trinajstić information content (AvgIpc) is 3.25. The van der Waals surface area contributed by atoms with E-state index in [1.54, 1.807) is 23.0 Å². The van der Waals surface area contributed by atoms with Crippen LogP contribution < -0.4 is 10.6 Å². The molecule has 1 aromatic heterocycles. The van der Waals surface area contributed by atoms with Crippen LogP contribution in [0, 0.1) is 0 Å². The van der Waals surface area contributed by atoms with Gasteiger partial charge in [-0.2, -0.15) is 4.80 Å². The predicted molar refractivity (Wildman–Crippen MR) is 142 cm³/mol. The van der Waals surface area contributed by atoms with Gasteiger partial charge in [-0.25, -0.2) is 0 Å². The third-order valence-corrected chi connectivity index (χ3v) is 5.68. The summed E-state index contributed by atoms with van der Waals surface area (Å²) in [7, 11) is 0. The van der Waals surface area contributed by atoms with E-state index in [-0.39, 0.29) is 11.0 Å². The molecule has 0 saturated carbocycles. The SMILES string of the molecule is CCCCc1ccc(-n2nc3cc(Cl)c(NC(=S)NC(=O)/C=C/c4ccccc4)cc3n2)cc1. The molecule has 0 saturated heterocycles. The summed E-state index contributed by atoms with van der Waals surface area (Å²) in [6.07, 6.45) is 6.54. The fraction of sp³-hybridized carbons (Fsp3) is 0.154. The molecule has 2 N–H and O–H groups in total. The third-order valence-electron chi connectivity index (χ3n) is 5.17. The molecule has 0 unspecified atom stereocenters. The minimum absolute atomic E-state index is 0.138. The zero-order valence-electron chi connectivity index (χ0n) is 18.7. The van der Waals surface area contributed by atoms with Gasteiger partial charge in [0.05, 0.1) is 16.4 Å². The van der Waals surface area contributed by atoms with E-state index >= 15 is 0 Å². The van der Waals surface area contributed by atoms with E-state index in [9.17, 15) is 4.79 Å². The Morgan fingerprint density at radius 1 is 1.06 bits per heavy atom. The van der Waals surface area contributed by atoms with Crippen molar-refractivity contribution >= 4 is 57.6 Å². The Hall–Kier alpha value is -3.55. The summed E-state index contributed by atoms with van der Waals surface area (Å²) in [5.41, 5.74) is 4.93. The van der Waals surface area contributed by atoms with Crippen LogP contribution in [-0.2, 0) is 11.2 Å². The van der Waals surface area contributed by atoms with Gasteiger partial charge < -0.3 is 5.32 Å². The number of aromatic nitrogens is 3. The maximum absolute atomic E-state index is 12.2. The van der Waals surface area contributed by atoms with Crippen molar-refractivity contribution in [1.29, 1.82) is 0 Å². The molecule has 0 spiro atoms. The normalized spacial score (nSPS) is 11.1. The summed E-state index contributed by atoms with van der Waals surface area (Å²) in [6, 6.07) is 21.2.